The van der Waals surface area contributed by atoms with Gasteiger partial charge in [-0.2, -0.15) is 0 Å². The van der Waals surface area contributed by atoms with Gasteiger partial charge in [0, 0.05) is 23.8 Å². The van der Waals surface area contributed by atoms with Gasteiger partial charge in [-0.3, -0.25) is 0 Å². The van der Waals surface area contributed by atoms with Crippen LogP contribution in [0.3, 0.4) is 0 Å². The van der Waals surface area contributed by atoms with Crippen molar-refractivity contribution in [1.82, 2.24) is 0 Å². The number of benzene rings is 1. The minimum atomic E-state index is 0.341. The molecule has 1 rings (SSSR count). The molecule has 17 heavy (non-hydrogen) atoms. The van der Waals surface area contributed by atoms with E-state index in [2.05, 4.69) is 25.7 Å². The summed E-state index contributed by atoms with van der Waals surface area (Å²) in [5, 5.41) is 0.622. The Kier molecular flexibility index (Phi) is 5.22. The molecule has 0 fully saturated rings. The first-order valence-corrected chi connectivity index (χ1v) is 6.62. The first-order chi connectivity index (χ1) is 7.97. The Bertz CT molecular complexity index is 404. The summed E-state index contributed by atoms with van der Waals surface area (Å²) in [5.41, 5.74) is 7.45. The molecule has 0 aliphatic carbocycles. The number of halogens is 1. The smallest absolute Gasteiger partial charge is 0.105 e. The molecule has 0 amide bonds. The molecule has 0 heterocycles. The van der Waals surface area contributed by atoms with E-state index in [1.807, 2.05) is 18.2 Å². The molecular weight excluding hydrogens is 252 g/mol. The van der Waals surface area contributed by atoms with Crippen LogP contribution in [0.15, 0.2) is 18.2 Å². The SMILES string of the molecule is CCCN(c1ccc(C(N)=S)c(Cl)c1)C(C)C. The van der Waals surface area contributed by atoms with Crippen LogP contribution in [-0.2, 0) is 0 Å². The molecule has 0 aromatic heterocycles. The molecule has 0 aliphatic rings. The maximum atomic E-state index is 6.18. The molecule has 0 bridgehead atoms. The van der Waals surface area contributed by atoms with Gasteiger partial charge in [0.05, 0.1) is 5.02 Å². The fourth-order valence-corrected chi connectivity index (χ4v) is 2.32. The Morgan fingerprint density at radius 1 is 1.47 bits per heavy atom. The van der Waals surface area contributed by atoms with E-state index in [1.54, 1.807) is 0 Å². The summed E-state index contributed by atoms with van der Waals surface area (Å²) in [6, 6.07) is 6.30. The van der Waals surface area contributed by atoms with E-state index in [-0.39, 0.29) is 0 Å². The number of rotatable bonds is 5. The normalized spacial score (nSPS) is 10.6. The lowest BCUT2D eigenvalue weighted by Gasteiger charge is -2.29. The number of anilines is 1. The van der Waals surface area contributed by atoms with Crippen LogP contribution in [0.1, 0.15) is 32.8 Å². The number of thiocarbonyl (C=S) groups is 1. The molecule has 0 saturated heterocycles. The molecule has 0 radical (unpaired) electrons. The second-order valence-electron chi connectivity index (χ2n) is 4.32. The molecule has 0 unspecified atom stereocenters. The number of nitrogens with zero attached hydrogens (tertiary/aromatic N) is 1. The first-order valence-electron chi connectivity index (χ1n) is 5.83. The van der Waals surface area contributed by atoms with Crippen LogP contribution in [0.4, 0.5) is 5.69 Å². The van der Waals surface area contributed by atoms with Gasteiger partial charge in [0.15, 0.2) is 0 Å². The summed E-state index contributed by atoms with van der Waals surface area (Å²) in [4.78, 5) is 2.66. The third-order valence-electron chi connectivity index (χ3n) is 2.64. The minimum absolute atomic E-state index is 0.341. The predicted molar refractivity (Wildman–Crippen MR) is 80.1 cm³/mol. The molecule has 0 saturated carbocycles. The topological polar surface area (TPSA) is 29.3 Å². The molecule has 0 aliphatic heterocycles. The summed E-state index contributed by atoms with van der Waals surface area (Å²) in [7, 11) is 0. The monoisotopic (exact) mass is 270 g/mol. The highest BCUT2D eigenvalue weighted by Crippen LogP contribution is 2.25. The van der Waals surface area contributed by atoms with Crippen molar-refractivity contribution in [1.29, 1.82) is 0 Å². The molecule has 2 nitrogen and oxygen atoms in total. The Morgan fingerprint density at radius 3 is 2.53 bits per heavy atom. The lowest BCUT2D eigenvalue weighted by molar-refractivity contribution is 0.671. The average Bonchev–Trinajstić information content (AvgIpc) is 2.24. The quantitative estimate of drug-likeness (QED) is 0.829. The van der Waals surface area contributed by atoms with Crippen LogP contribution in [0, 0.1) is 0 Å². The zero-order valence-electron chi connectivity index (χ0n) is 10.5. The van der Waals surface area contributed by atoms with Crippen LogP contribution < -0.4 is 10.6 Å². The molecular formula is C13H19ClN2S. The molecule has 1 aromatic rings. The predicted octanol–water partition coefficient (Wildman–Crippen LogP) is 3.60. The summed E-state index contributed by atoms with van der Waals surface area (Å²) in [5.74, 6) is 0. The van der Waals surface area contributed by atoms with Crippen molar-refractivity contribution < 1.29 is 0 Å². The number of nitrogens with two attached hydrogens (primary N) is 1. The largest absolute Gasteiger partial charge is 0.389 e. The first kappa shape index (κ1) is 14.3. The third-order valence-corrected chi connectivity index (χ3v) is 3.17. The maximum Gasteiger partial charge on any atom is 0.105 e. The van der Waals surface area contributed by atoms with E-state index >= 15 is 0 Å². The van der Waals surface area contributed by atoms with Gasteiger partial charge >= 0.3 is 0 Å². The molecule has 1 aromatic carbocycles. The lowest BCUT2D eigenvalue weighted by atomic mass is 10.1. The fraction of sp³-hybridized carbons (Fsp3) is 0.462. The lowest BCUT2D eigenvalue weighted by Crippen LogP contribution is -2.31. The van der Waals surface area contributed by atoms with Crippen LogP contribution in [-0.4, -0.2) is 17.6 Å². The second kappa shape index (κ2) is 6.22. The van der Waals surface area contributed by atoms with Crippen LogP contribution in [0.25, 0.3) is 0 Å². The molecule has 94 valence electrons. The number of hydrogen-bond acceptors (Lipinski definition) is 2. The van der Waals surface area contributed by atoms with Crippen LogP contribution >= 0.6 is 23.8 Å². The summed E-state index contributed by atoms with van der Waals surface area (Å²) in [6.45, 7) is 7.52. The van der Waals surface area contributed by atoms with E-state index in [1.165, 1.54) is 0 Å². The Morgan fingerprint density at radius 2 is 2.12 bits per heavy atom. The highest BCUT2D eigenvalue weighted by Gasteiger charge is 2.12. The second-order valence-corrected chi connectivity index (χ2v) is 5.16. The highest BCUT2D eigenvalue weighted by atomic mass is 35.5. The molecule has 0 atom stereocenters. The highest BCUT2D eigenvalue weighted by molar-refractivity contribution is 7.80. The zero-order valence-corrected chi connectivity index (χ0v) is 12.1. The number of hydrogen-bond donors (Lipinski definition) is 1. The van der Waals surface area contributed by atoms with Gasteiger partial charge in [0.1, 0.15) is 4.99 Å². The summed E-state index contributed by atoms with van der Waals surface area (Å²) >= 11 is 11.1. The van der Waals surface area contributed by atoms with Crippen LogP contribution in [0.2, 0.25) is 5.02 Å². The van der Waals surface area contributed by atoms with Crippen molar-refractivity contribution in [3.05, 3.63) is 28.8 Å². The van der Waals surface area contributed by atoms with Gasteiger partial charge in [-0.25, -0.2) is 0 Å². The van der Waals surface area contributed by atoms with Gasteiger partial charge in [-0.15, -0.1) is 0 Å². The standard InChI is InChI=1S/C13H19ClN2S/c1-4-7-16(9(2)3)10-5-6-11(13(15)17)12(14)8-10/h5-6,8-9H,4,7H2,1-3H3,(H2,15,17). The van der Waals surface area contributed by atoms with Gasteiger partial charge in [0.2, 0.25) is 0 Å². The molecule has 2 N–H and O–H groups in total. The van der Waals surface area contributed by atoms with Crippen molar-refractivity contribution in [3.8, 4) is 0 Å². The average molecular weight is 271 g/mol. The van der Waals surface area contributed by atoms with E-state index in [4.69, 9.17) is 29.6 Å². The van der Waals surface area contributed by atoms with Crippen molar-refractivity contribution in [2.45, 2.75) is 33.2 Å². The van der Waals surface area contributed by atoms with E-state index in [0.717, 1.165) is 24.2 Å². The minimum Gasteiger partial charge on any atom is -0.389 e. The Balaban J connectivity index is 3.06. The fourth-order valence-electron chi connectivity index (χ4n) is 1.81. The molecule has 4 heteroatoms. The summed E-state index contributed by atoms with van der Waals surface area (Å²) < 4.78 is 0. The van der Waals surface area contributed by atoms with E-state index in [0.29, 0.717) is 16.1 Å². The van der Waals surface area contributed by atoms with Crippen LogP contribution in [0.5, 0.6) is 0 Å². The maximum absolute atomic E-state index is 6.18. The molecule has 0 spiro atoms. The van der Waals surface area contributed by atoms with Gasteiger partial charge < -0.3 is 10.6 Å². The zero-order chi connectivity index (χ0) is 13.0. The van der Waals surface area contributed by atoms with Gasteiger partial charge in [0.25, 0.3) is 0 Å². The van der Waals surface area contributed by atoms with Gasteiger partial charge in [-0.1, -0.05) is 30.7 Å². The third kappa shape index (κ3) is 3.58. The van der Waals surface area contributed by atoms with E-state index < -0.39 is 0 Å². The van der Waals surface area contributed by atoms with E-state index in [9.17, 15) is 0 Å². The Labute approximate surface area is 114 Å². The van der Waals surface area contributed by atoms with Crippen molar-refractivity contribution in [2.75, 3.05) is 11.4 Å². The Hall–Kier alpha value is -0.800. The van der Waals surface area contributed by atoms with Gasteiger partial charge in [-0.05, 0) is 38.5 Å². The van der Waals surface area contributed by atoms with Crippen molar-refractivity contribution in [2.24, 2.45) is 5.73 Å². The van der Waals surface area contributed by atoms with Crippen molar-refractivity contribution in [3.63, 3.8) is 0 Å². The van der Waals surface area contributed by atoms with Crippen molar-refractivity contribution >= 4 is 34.5 Å². The summed E-state index contributed by atoms with van der Waals surface area (Å²) in [6.07, 6.45) is 1.10.